The highest BCUT2D eigenvalue weighted by molar-refractivity contribution is 6.11. The Morgan fingerprint density at radius 2 is 1.31 bits per heavy atom. The highest BCUT2D eigenvalue weighted by Gasteiger charge is 2.33. The van der Waals surface area contributed by atoms with Crippen molar-refractivity contribution in [2.24, 2.45) is 0 Å². The van der Waals surface area contributed by atoms with E-state index in [2.05, 4.69) is 21.3 Å². The topological polar surface area (TPSA) is 185 Å². The number of amides is 2. The standard InChI is InChI=1S/C34H48N4O11/c1-8-9-18-45-26(39)20-35-14-16-37-31(41)47-28-22-12-10-11-13-23(22)29(30-24(28)19-25(46-30)34(5,43-6)44-7)48-32(42)38-17-15-36-21-27(40)49-33(2,3)4/h10-13,19,35-36H,8-9,14-18,20-21H2,1-7H3,(H,37,41)(H,38,42). The number of ether oxygens (including phenoxy) is 6. The first-order valence-electron chi connectivity index (χ1n) is 16.1. The van der Waals surface area contributed by atoms with E-state index >= 15 is 0 Å². The zero-order chi connectivity index (χ0) is 36.0. The molecule has 2 aromatic carbocycles. The lowest BCUT2D eigenvalue weighted by molar-refractivity contribution is -0.212. The second kappa shape index (κ2) is 18.4. The van der Waals surface area contributed by atoms with E-state index in [0.29, 0.717) is 29.3 Å². The van der Waals surface area contributed by atoms with Crippen molar-refractivity contribution >= 4 is 45.9 Å². The van der Waals surface area contributed by atoms with Gasteiger partial charge in [0, 0.05) is 51.2 Å². The molecule has 4 N–H and O–H groups in total. The maximum absolute atomic E-state index is 13.0. The molecule has 0 bridgehead atoms. The Kier molecular flexibility index (Phi) is 14.6. The van der Waals surface area contributed by atoms with Crippen molar-refractivity contribution in [2.45, 2.75) is 58.8 Å². The molecular formula is C34H48N4O11. The molecule has 0 aliphatic heterocycles. The Bertz CT molecular complexity index is 1580. The van der Waals surface area contributed by atoms with E-state index < -0.39 is 29.5 Å². The van der Waals surface area contributed by atoms with E-state index in [9.17, 15) is 19.2 Å². The number of methoxy groups -OCH3 is 2. The predicted molar refractivity (Wildman–Crippen MR) is 181 cm³/mol. The first-order chi connectivity index (χ1) is 23.3. The summed E-state index contributed by atoms with van der Waals surface area (Å²) in [6.07, 6.45) is 0.188. The quantitative estimate of drug-likeness (QED) is 0.0852. The fourth-order valence-corrected chi connectivity index (χ4v) is 4.50. The van der Waals surface area contributed by atoms with Crippen LogP contribution in [0.3, 0.4) is 0 Å². The van der Waals surface area contributed by atoms with Crippen LogP contribution in [0.25, 0.3) is 21.7 Å². The number of furan rings is 1. The molecule has 1 aromatic heterocycles. The minimum atomic E-state index is -1.33. The van der Waals surface area contributed by atoms with Crippen molar-refractivity contribution in [1.29, 1.82) is 0 Å². The van der Waals surface area contributed by atoms with Gasteiger partial charge in [0.1, 0.15) is 5.60 Å². The molecule has 0 aliphatic rings. The van der Waals surface area contributed by atoms with Gasteiger partial charge in [-0.05, 0) is 40.2 Å². The summed E-state index contributed by atoms with van der Waals surface area (Å²) in [6.45, 7) is 10.2. The molecule has 15 nitrogen and oxygen atoms in total. The van der Waals surface area contributed by atoms with Crippen LogP contribution in [0.15, 0.2) is 34.7 Å². The lowest BCUT2D eigenvalue weighted by Crippen LogP contribution is -2.37. The van der Waals surface area contributed by atoms with Crippen LogP contribution in [0.5, 0.6) is 11.5 Å². The summed E-state index contributed by atoms with van der Waals surface area (Å²) in [7, 11) is 2.89. The van der Waals surface area contributed by atoms with Gasteiger partial charge in [-0.15, -0.1) is 0 Å². The highest BCUT2D eigenvalue weighted by atomic mass is 16.7. The fraction of sp³-hybridized carbons (Fsp3) is 0.529. The van der Waals surface area contributed by atoms with Crippen LogP contribution >= 0.6 is 0 Å². The minimum absolute atomic E-state index is 0.0128. The SMILES string of the molecule is CCCCOC(=O)CNCCNC(=O)Oc1c2ccccc2c(OC(=O)NCCNCC(=O)OC(C)(C)C)c2oc(C(C)(OC)OC)cc12. The van der Waals surface area contributed by atoms with E-state index in [1.165, 1.54) is 14.2 Å². The zero-order valence-electron chi connectivity index (χ0n) is 29.2. The van der Waals surface area contributed by atoms with E-state index in [4.69, 9.17) is 32.8 Å². The molecule has 2 amide bonds. The molecule has 3 rings (SSSR count). The van der Waals surface area contributed by atoms with Crippen molar-refractivity contribution in [1.82, 2.24) is 21.3 Å². The average molecular weight is 689 g/mol. The molecule has 0 radical (unpaired) electrons. The number of esters is 2. The molecule has 15 heteroatoms. The van der Waals surface area contributed by atoms with Crippen molar-refractivity contribution in [3.8, 4) is 11.5 Å². The Morgan fingerprint density at radius 3 is 1.86 bits per heavy atom. The van der Waals surface area contributed by atoms with Crippen LogP contribution in [0, 0.1) is 0 Å². The van der Waals surface area contributed by atoms with Crippen LogP contribution in [0.4, 0.5) is 9.59 Å². The second-order valence-electron chi connectivity index (χ2n) is 12.1. The summed E-state index contributed by atoms with van der Waals surface area (Å²) in [5.41, 5.74) is -0.489. The zero-order valence-corrected chi connectivity index (χ0v) is 29.2. The van der Waals surface area contributed by atoms with E-state index in [-0.39, 0.29) is 61.5 Å². The number of rotatable bonds is 18. The number of hydrogen-bond donors (Lipinski definition) is 4. The lowest BCUT2D eigenvalue weighted by Gasteiger charge is -2.23. The molecule has 0 saturated heterocycles. The van der Waals surface area contributed by atoms with Crippen molar-refractivity contribution < 1.29 is 52.0 Å². The summed E-state index contributed by atoms with van der Waals surface area (Å²) < 4.78 is 39.2. The summed E-state index contributed by atoms with van der Waals surface area (Å²) in [5.74, 6) is -1.66. The van der Waals surface area contributed by atoms with Gasteiger partial charge in [0.25, 0.3) is 0 Å². The maximum atomic E-state index is 13.0. The molecule has 0 saturated carbocycles. The first kappa shape index (κ1) is 39.0. The number of carbonyl (C=O) groups is 4. The monoisotopic (exact) mass is 688 g/mol. The molecule has 0 unspecified atom stereocenters. The number of fused-ring (bicyclic) bond motifs is 2. The molecule has 1 heterocycles. The predicted octanol–water partition coefficient (Wildman–Crippen LogP) is 4.09. The third kappa shape index (κ3) is 11.6. The number of nitrogens with one attached hydrogen (secondary N) is 4. The van der Waals surface area contributed by atoms with Gasteiger partial charge in [0.05, 0.1) is 25.1 Å². The molecule has 3 aromatic rings. The largest absolute Gasteiger partial charge is 0.465 e. The molecular weight excluding hydrogens is 640 g/mol. The van der Waals surface area contributed by atoms with Crippen LogP contribution in [0.1, 0.15) is 53.2 Å². The van der Waals surface area contributed by atoms with Crippen molar-refractivity contribution in [3.05, 3.63) is 36.1 Å². The normalized spacial score (nSPS) is 11.7. The number of unbranched alkanes of at least 4 members (excludes halogenated alkanes) is 1. The van der Waals surface area contributed by atoms with Gasteiger partial charge in [0.15, 0.2) is 22.8 Å². The van der Waals surface area contributed by atoms with Crippen LogP contribution in [-0.4, -0.2) is 89.8 Å². The van der Waals surface area contributed by atoms with Crippen LogP contribution < -0.4 is 30.7 Å². The third-order valence-corrected chi connectivity index (χ3v) is 7.08. The summed E-state index contributed by atoms with van der Waals surface area (Å²) >= 11 is 0. The third-order valence-electron chi connectivity index (χ3n) is 7.08. The number of carbonyl (C=O) groups excluding carboxylic acids is 4. The van der Waals surface area contributed by atoms with E-state index in [1.807, 2.05) is 6.92 Å². The average Bonchev–Trinajstić information content (AvgIpc) is 3.51. The smallest absolute Gasteiger partial charge is 0.412 e. The minimum Gasteiger partial charge on any atom is -0.465 e. The molecule has 49 heavy (non-hydrogen) atoms. The maximum Gasteiger partial charge on any atom is 0.412 e. The fourth-order valence-electron chi connectivity index (χ4n) is 4.50. The van der Waals surface area contributed by atoms with Gasteiger partial charge in [-0.1, -0.05) is 37.6 Å². The summed E-state index contributed by atoms with van der Waals surface area (Å²) in [4.78, 5) is 49.6. The Hall–Kier alpha value is -4.44. The Morgan fingerprint density at radius 1 is 0.755 bits per heavy atom. The molecule has 270 valence electrons. The van der Waals surface area contributed by atoms with Crippen LogP contribution in [0.2, 0.25) is 0 Å². The second-order valence-corrected chi connectivity index (χ2v) is 12.1. The highest BCUT2D eigenvalue weighted by Crippen LogP contribution is 2.46. The van der Waals surface area contributed by atoms with Crippen LogP contribution in [-0.2, 0) is 34.3 Å². The van der Waals surface area contributed by atoms with Gasteiger partial charge >= 0.3 is 24.1 Å². The van der Waals surface area contributed by atoms with Gasteiger partial charge in [-0.2, -0.15) is 0 Å². The van der Waals surface area contributed by atoms with Gasteiger partial charge in [-0.25, -0.2) is 9.59 Å². The van der Waals surface area contributed by atoms with Crippen molar-refractivity contribution in [3.63, 3.8) is 0 Å². The Labute approximate surface area is 285 Å². The number of hydrogen-bond acceptors (Lipinski definition) is 13. The van der Waals surface area contributed by atoms with Gasteiger partial charge < -0.3 is 54.1 Å². The van der Waals surface area contributed by atoms with E-state index in [1.54, 1.807) is 58.0 Å². The van der Waals surface area contributed by atoms with Gasteiger partial charge in [0.2, 0.25) is 5.79 Å². The number of benzene rings is 2. The molecule has 0 aliphatic carbocycles. The first-order valence-corrected chi connectivity index (χ1v) is 16.1. The lowest BCUT2D eigenvalue weighted by atomic mass is 10.0. The molecule has 0 spiro atoms. The van der Waals surface area contributed by atoms with Gasteiger partial charge in [-0.3, -0.25) is 9.59 Å². The summed E-state index contributed by atoms with van der Waals surface area (Å²) in [5, 5.41) is 12.3. The van der Waals surface area contributed by atoms with E-state index in [0.717, 1.165) is 12.8 Å². The molecule has 0 atom stereocenters. The molecule has 0 fully saturated rings. The Balaban J connectivity index is 1.78. The summed E-state index contributed by atoms with van der Waals surface area (Å²) in [6, 6.07) is 8.49. The van der Waals surface area contributed by atoms with Crippen molar-refractivity contribution in [2.75, 3.05) is 60.1 Å².